The first-order chi connectivity index (χ1) is 12.9. The summed E-state index contributed by atoms with van der Waals surface area (Å²) < 4.78 is 28.5. The molecule has 7 nitrogen and oxygen atoms in total. The zero-order chi connectivity index (χ0) is 19.4. The van der Waals surface area contributed by atoms with E-state index in [1.165, 1.54) is 4.31 Å². The Bertz CT molecular complexity index is 776. The predicted octanol–water partition coefficient (Wildman–Crippen LogP) is 2.28. The number of nitrogens with zero attached hydrogens (tertiary/aromatic N) is 3. The molecule has 150 valence electrons. The van der Waals surface area contributed by atoms with Gasteiger partial charge in [0.05, 0.1) is 17.3 Å². The van der Waals surface area contributed by atoms with Crippen LogP contribution in [0.3, 0.4) is 0 Å². The molecule has 1 N–H and O–H groups in total. The van der Waals surface area contributed by atoms with Gasteiger partial charge in [0.15, 0.2) is 0 Å². The summed E-state index contributed by atoms with van der Waals surface area (Å²) in [6.07, 6.45) is 2.93. The molecule has 0 radical (unpaired) electrons. The molecule has 0 bridgehead atoms. The molecule has 0 aromatic heterocycles. The fourth-order valence-electron chi connectivity index (χ4n) is 3.36. The molecular weight excluding hydrogens is 411 g/mol. The van der Waals surface area contributed by atoms with Crippen molar-refractivity contribution in [3.63, 3.8) is 0 Å². The van der Waals surface area contributed by atoms with Crippen molar-refractivity contribution in [1.29, 1.82) is 0 Å². The van der Waals surface area contributed by atoms with Crippen LogP contribution in [0.4, 0.5) is 5.69 Å². The molecule has 0 saturated carbocycles. The van der Waals surface area contributed by atoms with Gasteiger partial charge >= 0.3 is 0 Å². The average molecular weight is 435 g/mol. The molecule has 0 spiro atoms. The second kappa shape index (κ2) is 9.07. The van der Waals surface area contributed by atoms with Crippen LogP contribution < -0.4 is 5.32 Å². The first-order valence-corrected chi connectivity index (χ1v) is 11.2. The molecule has 1 aromatic rings. The van der Waals surface area contributed by atoms with Crippen molar-refractivity contribution in [3.05, 3.63) is 28.2 Å². The Kier molecular flexibility index (Phi) is 6.99. The van der Waals surface area contributed by atoms with E-state index in [0.717, 1.165) is 19.3 Å². The largest absolute Gasteiger partial charge is 0.324 e. The lowest BCUT2D eigenvalue weighted by atomic mass is 10.2. The molecule has 1 aromatic carbocycles. The molecule has 1 amide bonds. The summed E-state index contributed by atoms with van der Waals surface area (Å²) >= 11 is 12.0. The molecular formula is C17H24Cl2N4O3S. The molecule has 2 heterocycles. The highest BCUT2D eigenvalue weighted by Gasteiger charge is 2.33. The fraction of sp³-hybridized carbons (Fsp3) is 0.588. The Labute approximate surface area is 170 Å². The van der Waals surface area contributed by atoms with E-state index in [-0.39, 0.29) is 12.5 Å². The van der Waals surface area contributed by atoms with Crippen molar-refractivity contribution in [2.24, 2.45) is 0 Å². The first kappa shape index (κ1) is 20.8. The average Bonchev–Trinajstić information content (AvgIpc) is 2.66. The highest BCUT2D eigenvalue weighted by Crippen LogP contribution is 2.25. The normalized spacial score (nSPS) is 20.5. The van der Waals surface area contributed by atoms with Gasteiger partial charge < -0.3 is 5.32 Å². The van der Waals surface area contributed by atoms with Gasteiger partial charge in [0, 0.05) is 44.3 Å². The van der Waals surface area contributed by atoms with E-state index >= 15 is 0 Å². The number of piperidine rings is 1. The Hall–Kier alpha value is -0.900. The minimum absolute atomic E-state index is 0.181. The van der Waals surface area contributed by atoms with Crippen molar-refractivity contribution < 1.29 is 13.2 Å². The van der Waals surface area contributed by atoms with E-state index in [9.17, 15) is 13.2 Å². The van der Waals surface area contributed by atoms with Gasteiger partial charge in [-0.2, -0.15) is 17.0 Å². The standard InChI is InChI=1S/C17H24Cl2N4O3S/c18-14-4-5-15(19)16(12-14)20-17(24)13-21-8-10-23(11-9-21)27(25,26)22-6-2-1-3-7-22/h4-5,12H,1-3,6-11,13H2,(H,20,24). The van der Waals surface area contributed by atoms with E-state index in [0.29, 0.717) is 55.0 Å². The first-order valence-electron chi connectivity index (χ1n) is 9.09. The van der Waals surface area contributed by atoms with Crippen LogP contribution in [0.15, 0.2) is 18.2 Å². The van der Waals surface area contributed by atoms with E-state index < -0.39 is 10.2 Å². The molecule has 0 unspecified atom stereocenters. The zero-order valence-electron chi connectivity index (χ0n) is 15.0. The van der Waals surface area contributed by atoms with Crippen LogP contribution in [-0.2, 0) is 15.0 Å². The van der Waals surface area contributed by atoms with Crippen LogP contribution >= 0.6 is 23.2 Å². The molecule has 3 rings (SSSR count). The maximum Gasteiger partial charge on any atom is 0.282 e. The number of halogens is 2. The van der Waals surface area contributed by atoms with Gasteiger partial charge in [-0.25, -0.2) is 0 Å². The van der Waals surface area contributed by atoms with Gasteiger partial charge in [-0.3, -0.25) is 9.69 Å². The monoisotopic (exact) mass is 434 g/mol. The van der Waals surface area contributed by atoms with E-state index in [4.69, 9.17) is 23.2 Å². The third-order valence-electron chi connectivity index (χ3n) is 4.87. The fourth-order valence-corrected chi connectivity index (χ4v) is 5.37. The summed E-state index contributed by atoms with van der Waals surface area (Å²) in [6, 6.07) is 4.89. The molecule has 10 heteroatoms. The van der Waals surface area contributed by atoms with Crippen LogP contribution in [0.1, 0.15) is 19.3 Å². The second-order valence-electron chi connectivity index (χ2n) is 6.82. The lowest BCUT2D eigenvalue weighted by Crippen LogP contribution is -2.54. The predicted molar refractivity (Wildman–Crippen MR) is 107 cm³/mol. The van der Waals surface area contributed by atoms with Crippen molar-refractivity contribution in [2.75, 3.05) is 51.1 Å². The molecule has 0 atom stereocenters. The Morgan fingerprint density at radius 1 is 0.963 bits per heavy atom. The highest BCUT2D eigenvalue weighted by molar-refractivity contribution is 7.86. The molecule has 2 aliphatic heterocycles. The second-order valence-corrected chi connectivity index (χ2v) is 9.59. The van der Waals surface area contributed by atoms with Crippen LogP contribution in [0, 0.1) is 0 Å². The molecule has 27 heavy (non-hydrogen) atoms. The van der Waals surface area contributed by atoms with Crippen LogP contribution in [0.25, 0.3) is 0 Å². The Balaban J connectivity index is 1.50. The third-order valence-corrected chi connectivity index (χ3v) is 7.47. The Morgan fingerprint density at radius 3 is 2.26 bits per heavy atom. The van der Waals surface area contributed by atoms with E-state index in [1.54, 1.807) is 22.5 Å². The molecule has 2 fully saturated rings. The summed E-state index contributed by atoms with van der Waals surface area (Å²) in [5.74, 6) is -0.202. The number of amides is 1. The maximum absolute atomic E-state index is 12.7. The van der Waals surface area contributed by atoms with Gasteiger partial charge in [0.1, 0.15) is 0 Å². The van der Waals surface area contributed by atoms with Crippen molar-refractivity contribution in [1.82, 2.24) is 13.5 Å². The van der Waals surface area contributed by atoms with Gasteiger partial charge in [-0.05, 0) is 31.0 Å². The number of carbonyl (C=O) groups excluding carboxylic acids is 1. The molecule has 2 saturated heterocycles. The minimum atomic E-state index is -3.39. The quantitative estimate of drug-likeness (QED) is 0.771. The summed E-state index contributed by atoms with van der Waals surface area (Å²) in [5.41, 5.74) is 0.473. The zero-order valence-corrected chi connectivity index (χ0v) is 17.4. The van der Waals surface area contributed by atoms with Crippen LogP contribution in [0.5, 0.6) is 0 Å². The number of piperazine rings is 1. The summed E-state index contributed by atoms with van der Waals surface area (Å²) in [5, 5.41) is 3.67. The van der Waals surface area contributed by atoms with Gasteiger partial charge in [0.25, 0.3) is 10.2 Å². The summed E-state index contributed by atoms with van der Waals surface area (Å²) in [6.45, 7) is 3.21. The number of rotatable bonds is 5. The number of hydrogen-bond acceptors (Lipinski definition) is 4. The summed E-state index contributed by atoms with van der Waals surface area (Å²) in [4.78, 5) is 14.2. The molecule has 0 aliphatic carbocycles. The third kappa shape index (κ3) is 5.34. The smallest absolute Gasteiger partial charge is 0.282 e. The number of hydrogen-bond donors (Lipinski definition) is 1. The van der Waals surface area contributed by atoms with Crippen LogP contribution in [-0.4, -0.2) is 73.6 Å². The highest BCUT2D eigenvalue weighted by atomic mass is 35.5. The van der Waals surface area contributed by atoms with Gasteiger partial charge in [0.2, 0.25) is 5.91 Å². The number of carbonyl (C=O) groups is 1. The minimum Gasteiger partial charge on any atom is -0.324 e. The van der Waals surface area contributed by atoms with Crippen molar-refractivity contribution >= 4 is 45.0 Å². The van der Waals surface area contributed by atoms with Crippen LogP contribution in [0.2, 0.25) is 10.0 Å². The summed E-state index contributed by atoms with van der Waals surface area (Å²) in [7, 11) is -3.39. The Morgan fingerprint density at radius 2 is 1.59 bits per heavy atom. The van der Waals surface area contributed by atoms with Gasteiger partial charge in [-0.15, -0.1) is 0 Å². The number of nitrogens with one attached hydrogen (secondary N) is 1. The maximum atomic E-state index is 12.7. The number of benzene rings is 1. The molecule has 2 aliphatic rings. The lowest BCUT2D eigenvalue weighted by Gasteiger charge is -2.37. The topological polar surface area (TPSA) is 73.0 Å². The SMILES string of the molecule is O=C(CN1CCN(S(=O)(=O)N2CCCCC2)CC1)Nc1cc(Cl)ccc1Cl. The van der Waals surface area contributed by atoms with Crippen molar-refractivity contribution in [3.8, 4) is 0 Å². The van der Waals surface area contributed by atoms with Gasteiger partial charge in [-0.1, -0.05) is 29.6 Å². The lowest BCUT2D eigenvalue weighted by molar-refractivity contribution is -0.117. The number of anilines is 1. The van der Waals surface area contributed by atoms with E-state index in [2.05, 4.69) is 5.32 Å². The van der Waals surface area contributed by atoms with E-state index in [1.807, 2.05) is 4.90 Å². The van der Waals surface area contributed by atoms with Crippen molar-refractivity contribution in [2.45, 2.75) is 19.3 Å².